The van der Waals surface area contributed by atoms with E-state index in [1.54, 1.807) is 17.0 Å². The molecule has 4 rings (SSSR count). The first kappa shape index (κ1) is 18.0. The minimum atomic E-state index is -0.468. The normalized spacial score (nSPS) is 19.5. The lowest BCUT2D eigenvalue weighted by atomic mass is 9.75. The average Bonchev–Trinajstić information content (AvgIpc) is 2.69. The van der Waals surface area contributed by atoms with Gasteiger partial charge in [-0.05, 0) is 49.6 Å². The SMILES string of the molecule is Cc1ccc([C@@H]2C(C#N)=C(N)N(c3ccc(F)cc3)C3=C2C(=O)CCC3)cc1. The van der Waals surface area contributed by atoms with Crippen molar-refractivity contribution in [3.63, 3.8) is 0 Å². The number of carbonyl (C=O) groups is 1. The van der Waals surface area contributed by atoms with Crippen LogP contribution in [-0.4, -0.2) is 5.78 Å². The van der Waals surface area contributed by atoms with Crippen LogP contribution >= 0.6 is 0 Å². The predicted octanol–water partition coefficient (Wildman–Crippen LogP) is 4.44. The molecule has 4 nitrogen and oxygen atoms in total. The van der Waals surface area contributed by atoms with Crippen LogP contribution in [0.5, 0.6) is 0 Å². The van der Waals surface area contributed by atoms with Gasteiger partial charge in [-0.2, -0.15) is 5.26 Å². The number of carbonyl (C=O) groups excluding carboxylic acids is 1. The Hall–Kier alpha value is -3.39. The summed E-state index contributed by atoms with van der Waals surface area (Å²) in [6.07, 6.45) is 1.86. The average molecular weight is 373 g/mol. The molecule has 0 bridgehead atoms. The Morgan fingerprint density at radius 3 is 2.43 bits per heavy atom. The molecule has 1 aliphatic carbocycles. The molecule has 0 saturated carbocycles. The van der Waals surface area contributed by atoms with Crippen molar-refractivity contribution in [2.24, 2.45) is 5.73 Å². The van der Waals surface area contributed by atoms with Crippen LogP contribution in [0.2, 0.25) is 0 Å². The van der Waals surface area contributed by atoms with Gasteiger partial charge in [-0.15, -0.1) is 0 Å². The van der Waals surface area contributed by atoms with E-state index in [2.05, 4.69) is 6.07 Å². The molecule has 5 heteroatoms. The number of aryl methyl sites for hydroxylation is 1. The topological polar surface area (TPSA) is 70.1 Å². The molecule has 0 aromatic heterocycles. The maximum absolute atomic E-state index is 13.4. The first-order chi connectivity index (χ1) is 13.5. The van der Waals surface area contributed by atoms with Gasteiger partial charge >= 0.3 is 0 Å². The number of rotatable bonds is 2. The van der Waals surface area contributed by atoms with Gasteiger partial charge in [0.05, 0.1) is 17.6 Å². The Morgan fingerprint density at radius 2 is 1.79 bits per heavy atom. The highest BCUT2D eigenvalue weighted by Crippen LogP contribution is 2.46. The van der Waals surface area contributed by atoms with Crippen LogP contribution in [0.15, 0.2) is 71.2 Å². The molecule has 2 aromatic rings. The molecular weight excluding hydrogens is 353 g/mol. The van der Waals surface area contributed by atoms with Crippen LogP contribution in [0, 0.1) is 24.1 Å². The first-order valence-corrected chi connectivity index (χ1v) is 9.29. The lowest BCUT2D eigenvalue weighted by Gasteiger charge is -2.39. The van der Waals surface area contributed by atoms with Gasteiger partial charge in [-0.25, -0.2) is 4.39 Å². The molecule has 2 N–H and O–H groups in total. The third-order valence-corrected chi connectivity index (χ3v) is 5.41. The third-order valence-electron chi connectivity index (χ3n) is 5.41. The molecule has 28 heavy (non-hydrogen) atoms. The van der Waals surface area contributed by atoms with E-state index in [1.807, 2.05) is 31.2 Å². The van der Waals surface area contributed by atoms with Crippen LogP contribution < -0.4 is 10.6 Å². The quantitative estimate of drug-likeness (QED) is 0.845. The molecule has 0 spiro atoms. The Kier molecular flexibility index (Phi) is 4.48. The van der Waals surface area contributed by atoms with E-state index in [0.717, 1.165) is 23.2 Å². The molecule has 1 atom stereocenters. The number of hydrogen-bond acceptors (Lipinski definition) is 4. The Bertz CT molecular complexity index is 1040. The van der Waals surface area contributed by atoms with E-state index in [1.165, 1.54) is 12.1 Å². The minimum Gasteiger partial charge on any atom is -0.384 e. The summed E-state index contributed by atoms with van der Waals surface area (Å²) in [4.78, 5) is 14.7. The van der Waals surface area contributed by atoms with Crippen LogP contribution in [0.4, 0.5) is 10.1 Å². The molecule has 0 saturated heterocycles. The lowest BCUT2D eigenvalue weighted by Crippen LogP contribution is -2.38. The second-order valence-corrected chi connectivity index (χ2v) is 7.20. The number of hydrogen-bond donors (Lipinski definition) is 1. The van der Waals surface area contributed by atoms with Gasteiger partial charge in [-0.1, -0.05) is 29.8 Å². The van der Waals surface area contributed by atoms with Crippen molar-refractivity contribution >= 4 is 11.5 Å². The van der Waals surface area contributed by atoms with Crippen molar-refractivity contribution in [2.75, 3.05) is 4.90 Å². The highest BCUT2D eigenvalue weighted by Gasteiger charge is 2.40. The number of allylic oxidation sites excluding steroid dienone is 3. The van der Waals surface area contributed by atoms with Crippen molar-refractivity contribution in [3.05, 3.63) is 88.1 Å². The smallest absolute Gasteiger partial charge is 0.161 e. The summed E-state index contributed by atoms with van der Waals surface area (Å²) in [5, 5.41) is 9.92. The summed E-state index contributed by atoms with van der Waals surface area (Å²) < 4.78 is 13.4. The van der Waals surface area contributed by atoms with Gasteiger partial charge in [0.1, 0.15) is 11.6 Å². The molecule has 2 aliphatic rings. The number of ketones is 1. The largest absolute Gasteiger partial charge is 0.384 e. The number of anilines is 1. The number of nitrogens with two attached hydrogens (primary N) is 1. The summed E-state index contributed by atoms with van der Waals surface area (Å²) in [5.41, 5.74) is 10.9. The zero-order valence-corrected chi connectivity index (χ0v) is 15.6. The lowest BCUT2D eigenvalue weighted by molar-refractivity contribution is -0.116. The van der Waals surface area contributed by atoms with Crippen LogP contribution in [0.3, 0.4) is 0 Å². The van der Waals surface area contributed by atoms with Crippen molar-refractivity contribution in [3.8, 4) is 6.07 Å². The number of Topliss-reactive ketones (excluding diaryl/α,β-unsaturated/α-hetero) is 1. The Morgan fingerprint density at radius 1 is 1.11 bits per heavy atom. The Labute approximate surface area is 163 Å². The fourth-order valence-corrected chi connectivity index (χ4v) is 4.06. The Balaban J connectivity index is 1.95. The van der Waals surface area contributed by atoms with Crippen LogP contribution in [0.1, 0.15) is 36.3 Å². The summed E-state index contributed by atoms with van der Waals surface area (Å²) in [6.45, 7) is 1.99. The summed E-state index contributed by atoms with van der Waals surface area (Å²) in [5.74, 6) is -0.479. The minimum absolute atomic E-state index is 0.0409. The highest BCUT2D eigenvalue weighted by molar-refractivity contribution is 6.01. The molecule has 0 radical (unpaired) electrons. The van der Waals surface area contributed by atoms with Gasteiger partial charge in [0.15, 0.2) is 5.78 Å². The van der Waals surface area contributed by atoms with E-state index in [4.69, 9.17) is 5.73 Å². The monoisotopic (exact) mass is 373 g/mol. The van der Waals surface area contributed by atoms with Gasteiger partial charge in [0.25, 0.3) is 0 Å². The zero-order chi connectivity index (χ0) is 19.8. The molecule has 1 heterocycles. The highest BCUT2D eigenvalue weighted by atomic mass is 19.1. The van der Waals surface area contributed by atoms with Crippen molar-refractivity contribution < 1.29 is 9.18 Å². The summed E-state index contributed by atoms with van der Waals surface area (Å²) in [6, 6.07) is 16.0. The number of benzene rings is 2. The molecule has 140 valence electrons. The molecule has 0 amide bonds. The van der Waals surface area contributed by atoms with Crippen molar-refractivity contribution in [2.45, 2.75) is 32.1 Å². The maximum atomic E-state index is 13.4. The van der Waals surface area contributed by atoms with Gasteiger partial charge in [-0.3, -0.25) is 9.69 Å². The molecule has 0 unspecified atom stereocenters. The molecule has 1 aliphatic heterocycles. The number of nitriles is 1. The van der Waals surface area contributed by atoms with E-state index >= 15 is 0 Å². The van der Waals surface area contributed by atoms with Crippen molar-refractivity contribution in [1.29, 1.82) is 5.26 Å². The van der Waals surface area contributed by atoms with Gasteiger partial charge in [0.2, 0.25) is 0 Å². The van der Waals surface area contributed by atoms with Crippen LogP contribution in [-0.2, 0) is 4.79 Å². The summed E-state index contributed by atoms with van der Waals surface area (Å²) in [7, 11) is 0. The number of nitrogens with zero attached hydrogens (tertiary/aromatic N) is 2. The van der Waals surface area contributed by atoms with E-state index in [0.29, 0.717) is 35.5 Å². The second-order valence-electron chi connectivity index (χ2n) is 7.20. The van der Waals surface area contributed by atoms with E-state index < -0.39 is 5.92 Å². The second kappa shape index (κ2) is 6.97. The van der Waals surface area contributed by atoms with Gasteiger partial charge in [0, 0.05) is 23.4 Å². The van der Waals surface area contributed by atoms with Crippen molar-refractivity contribution in [1.82, 2.24) is 0 Å². The predicted molar refractivity (Wildman–Crippen MR) is 106 cm³/mol. The molecular formula is C23H20FN3O. The van der Waals surface area contributed by atoms with Crippen LogP contribution in [0.25, 0.3) is 0 Å². The standard InChI is InChI=1S/C23H20FN3O/c1-14-5-7-15(8-6-14)21-18(13-25)23(26)27(17-11-9-16(24)10-12-17)19-3-2-4-20(28)22(19)21/h5-12,21H,2-4,26H2,1H3/t21-/m1/s1. The third kappa shape index (κ3) is 2.87. The van der Waals surface area contributed by atoms with E-state index in [9.17, 15) is 14.4 Å². The van der Waals surface area contributed by atoms with E-state index in [-0.39, 0.29) is 11.6 Å². The maximum Gasteiger partial charge on any atom is 0.161 e. The zero-order valence-electron chi connectivity index (χ0n) is 15.6. The fraction of sp³-hybridized carbons (Fsp3) is 0.217. The van der Waals surface area contributed by atoms with Gasteiger partial charge < -0.3 is 5.73 Å². The molecule has 0 fully saturated rings. The fourth-order valence-electron chi connectivity index (χ4n) is 4.06. The molecule has 2 aromatic carbocycles. The summed E-state index contributed by atoms with van der Waals surface area (Å²) >= 11 is 0. The number of halogens is 1. The first-order valence-electron chi connectivity index (χ1n) is 9.29.